The fourth-order valence-electron chi connectivity index (χ4n) is 12.6. The molecule has 4 heteroatoms. The molecule has 2 fully saturated rings. The molecule has 0 aromatic heterocycles. The Labute approximate surface area is 456 Å². The summed E-state index contributed by atoms with van der Waals surface area (Å²) >= 11 is 1.74. The van der Waals surface area contributed by atoms with E-state index < -0.39 is 0 Å². The van der Waals surface area contributed by atoms with Crippen LogP contribution in [0.2, 0.25) is 13.1 Å². The molecule has 0 heterocycles. The number of halogens is 2. The van der Waals surface area contributed by atoms with Crippen molar-refractivity contribution in [2.75, 3.05) is 0 Å². The van der Waals surface area contributed by atoms with Gasteiger partial charge in [-0.05, 0) is 95.3 Å². The second-order valence-electron chi connectivity index (χ2n) is 24.0. The molecule has 70 heavy (non-hydrogen) atoms. The molecule has 0 aliphatic heterocycles. The molecule has 0 bridgehead atoms. The van der Waals surface area contributed by atoms with E-state index in [-0.39, 0.29) is 41.1 Å². The van der Waals surface area contributed by atoms with Crippen molar-refractivity contribution in [3.8, 4) is 22.3 Å². The summed E-state index contributed by atoms with van der Waals surface area (Å²) in [7, 11) is 0. The molecule has 0 spiro atoms. The van der Waals surface area contributed by atoms with Crippen LogP contribution in [0.4, 0.5) is 0 Å². The normalized spacial score (nSPS) is 16.5. The minimum absolute atomic E-state index is 0. The fourth-order valence-corrected chi connectivity index (χ4v) is 12.6. The molecule has 0 saturated heterocycles. The van der Waals surface area contributed by atoms with Gasteiger partial charge in [-0.2, -0.15) is 12.1 Å². The van der Waals surface area contributed by atoms with Crippen molar-refractivity contribution in [1.29, 1.82) is 0 Å². The number of hydrogen-bond acceptors (Lipinski definition) is 0. The van der Waals surface area contributed by atoms with Crippen LogP contribution in [-0.4, -0.2) is 5.43 Å². The van der Waals surface area contributed by atoms with Crippen LogP contribution in [0.25, 0.3) is 43.8 Å². The maximum Gasteiger partial charge on any atom is -1.00 e. The van der Waals surface area contributed by atoms with Crippen LogP contribution in [0.1, 0.15) is 206 Å². The summed E-state index contributed by atoms with van der Waals surface area (Å²) in [6, 6.07) is 41.9. The molecular weight excluding hydrogens is 983 g/mol. The topological polar surface area (TPSA) is 0 Å². The van der Waals surface area contributed by atoms with Gasteiger partial charge in [-0.1, -0.05) is 217 Å². The zero-order chi connectivity index (χ0) is 48.8. The Balaban J connectivity index is 0.000000276. The first-order valence-corrected chi connectivity index (χ1v) is 33.8. The Morgan fingerprint density at radius 3 is 1.07 bits per heavy atom. The Bertz CT molecular complexity index is 2290. The van der Waals surface area contributed by atoms with Gasteiger partial charge in [-0.25, -0.2) is 0 Å². The van der Waals surface area contributed by atoms with Gasteiger partial charge in [0.15, 0.2) is 0 Å². The third-order valence-corrected chi connectivity index (χ3v) is 15.7. The van der Waals surface area contributed by atoms with Gasteiger partial charge in [0, 0.05) is 0 Å². The van der Waals surface area contributed by atoms with E-state index in [1.165, 1.54) is 196 Å². The van der Waals surface area contributed by atoms with Crippen LogP contribution in [-0.2, 0) is 47.0 Å². The fraction of sp³-hybridized carbons (Fsp3) is 0.545. The molecule has 380 valence electrons. The molecular formula is C66H92Cl2SiZr-2. The monoisotopic (exact) mass is 1070 g/mol. The van der Waals surface area contributed by atoms with Crippen molar-refractivity contribution < 1.29 is 48.1 Å². The summed E-state index contributed by atoms with van der Waals surface area (Å²) in [5.41, 5.74) is 13.1. The van der Waals surface area contributed by atoms with Crippen molar-refractivity contribution in [3.63, 3.8) is 0 Å². The first kappa shape index (κ1) is 60.3. The minimum Gasteiger partial charge on any atom is -1.00 e. The summed E-state index contributed by atoms with van der Waals surface area (Å²) in [5.74, 6) is 0. The molecule has 0 amide bonds. The first-order chi connectivity index (χ1) is 32.6. The van der Waals surface area contributed by atoms with Crippen LogP contribution in [0.3, 0.4) is 0 Å². The van der Waals surface area contributed by atoms with Crippen molar-refractivity contribution in [1.82, 2.24) is 0 Å². The predicted molar refractivity (Wildman–Crippen MR) is 301 cm³/mol. The van der Waals surface area contributed by atoms with Gasteiger partial charge in [0.1, 0.15) is 0 Å². The average Bonchev–Trinajstić information content (AvgIpc) is 3.95. The second-order valence-corrected chi connectivity index (χ2v) is 33.4. The van der Waals surface area contributed by atoms with E-state index in [1.807, 2.05) is 0 Å². The van der Waals surface area contributed by atoms with Crippen LogP contribution >= 0.6 is 0 Å². The maximum absolute atomic E-state index is 2.54. The van der Waals surface area contributed by atoms with Gasteiger partial charge in [-0.15, -0.1) is 69.1 Å². The van der Waals surface area contributed by atoms with Crippen LogP contribution in [0, 0.1) is 10.8 Å². The van der Waals surface area contributed by atoms with E-state index in [2.05, 4.69) is 178 Å². The van der Waals surface area contributed by atoms with Crippen molar-refractivity contribution in [2.24, 2.45) is 10.8 Å². The summed E-state index contributed by atoms with van der Waals surface area (Å²) in [4.78, 5) is 0. The van der Waals surface area contributed by atoms with Gasteiger partial charge in [0.2, 0.25) is 0 Å². The van der Waals surface area contributed by atoms with E-state index in [1.54, 1.807) is 34.5 Å². The molecule has 0 nitrogen and oxygen atoms in total. The molecule has 0 N–H and O–H groups in total. The molecule has 6 aromatic carbocycles. The summed E-state index contributed by atoms with van der Waals surface area (Å²) in [5, 5.41) is 5.70. The van der Waals surface area contributed by atoms with Crippen molar-refractivity contribution >= 4 is 27.0 Å². The smallest absolute Gasteiger partial charge is 1.00 e. The van der Waals surface area contributed by atoms with Crippen LogP contribution in [0.5, 0.6) is 0 Å². The van der Waals surface area contributed by atoms with Crippen LogP contribution in [0.15, 0.2) is 109 Å². The largest absolute Gasteiger partial charge is 1.00 e. The second kappa shape index (κ2) is 28.5. The molecule has 8 rings (SSSR count). The summed E-state index contributed by atoms with van der Waals surface area (Å²) in [6.45, 7) is 23.4. The zero-order valence-electron chi connectivity index (χ0n) is 45.7. The molecule has 0 radical (unpaired) electrons. The summed E-state index contributed by atoms with van der Waals surface area (Å²) in [6.07, 6.45) is 30.8. The standard InChI is InChI=1S/2C32H43.C2H6Si.2ClH.Zr/c2*1-5-19-32(20-12-8-6-7-9-13-21-32)24-25-22-26-15-14-17-27(29(26)23-25)28-16-10-11-18-30(28)31(2,3)4;1-3-2;;;/h2*10-11,14-18,22-23H,5-9,12-13,19-21,24H2,1-4H3;1-2H3;2*1H;/q2*-1;;;;+2/p-2. The van der Waals surface area contributed by atoms with Crippen LogP contribution < -0.4 is 24.8 Å². The van der Waals surface area contributed by atoms with E-state index in [9.17, 15) is 0 Å². The van der Waals surface area contributed by atoms with E-state index >= 15 is 0 Å². The van der Waals surface area contributed by atoms with Gasteiger partial charge in [-0.3, -0.25) is 0 Å². The zero-order valence-corrected chi connectivity index (χ0v) is 50.7. The first-order valence-electron chi connectivity index (χ1n) is 27.7. The van der Waals surface area contributed by atoms with E-state index in [0.29, 0.717) is 10.8 Å². The van der Waals surface area contributed by atoms with Crippen molar-refractivity contribution in [2.45, 2.75) is 221 Å². The third kappa shape index (κ3) is 16.9. The third-order valence-electron chi connectivity index (χ3n) is 15.7. The van der Waals surface area contributed by atoms with Gasteiger partial charge >= 0.3 is 41.9 Å². The van der Waals surface area contributed by atoms with Gasteiger partial charge < -0.3 is 24.8 Å². The number of benzene rings is 4. The van der Waals surface area contributed by atoms with Gasteiger partial charge in [0.25, 0.3) is 0 Å². The Kier molecular flexibility index (Phi) is 24.5. The Hall–Kier alpha value is -2.22. The Morgan fingerprint density at radius 2 is 0.757 bits per heavy atom. The Morgan fingerprint density at radius 1 is 0.457 bits per heavy atom. The maximum atomic E-state index is 2.54. The molecule has 0 atom stereocenters. The minimum atomic E-state index is 0. The molecule has 2 aliphatic rings. The summed E-state index contributed by atoms with van der Waals surface area (Å²) < 4.78 is 0. The molecule has 6 aromatic rings. The van der Waals surface area contributed by atoms with E-state index in [4.69, 9.17) is 0 Å². The van der Waals surface area contributed by atoms with E-state index in [0.717, 1.165) is 0 Å². The molecule has 2 saturated carbocycles. The predicted octanol–water partition coefficient (Wildman–Crippen LogP) is 14.8. The van der Waals surface area contributed by atoms with Gasteiger partial charge in [0.05, 0.1) is 0 Å². The number of fused-ring (bicyclic) bond motifs is 2. The average molecular weight is 1080 g/mol. The number of hydrogen-bond donors (Lipinski definition) is 0. The quantitative estimate of drug-likeness (QED) is 0.0947. The van der Waals surface area contributed by atoms with Crippen molar-refractivity contribution in [3.05, 3.63) is 131 Å². The molecule has 0 unspecified atom stereocenters. The number of rotatable bonds is 10. The SMILES string of the molecule is CCCC1(Cc2cc3c(-c4ccccc4C(C)(C)C)cccc3[cH-]2)CCCCCCCC1.CCCC1(Cc2cc3c(-c4ccccc4C(C)(C)C)cccc3[cH-]2)CCCCCCCC1.C[Si](C)=[Zr+2].[Cl-].[Cl-]. The molecule has 2 aliphatic carbocycles.